The molecule has 0 saturated heterocycles. The summed E-state index contributed by atoms with van der Waals surface area (Å²) in [4.78, 5) is 14.0. The number of hydrogen-bond acceptors (Lipinski definition) is 3. The molecule has 0 aromatic heterocycles. The molecule has 0 fully saturated rings. The minimum atomic E-state index is -0.0360. The van der Waals surface area contributed by atoms with E-state index in [0.29, 0.717) is 30.1 Å². The Morgan fingerprint density at radius 3 is 2.78 bits per heavy atom. The Morgan fingerprint density at radius 1 is 1.56 bits per heavy atom. The van der Waals surface area contributed by atoms with E-state index >= 15 is 0 Å². The molecule has 0 bridgehead atoms. The van der Waals surface area contributed by atoms with Gasteiger partial charge < -0.3 is 15.4 Å². The van der Waals surface area contributed by atoms with Crippen molar-refractivity contribution >= 4 is 11.6 Å². The van der Waals surface area contributed by atoms with Gasteiger partial charge in [-0.05, 0) is 24.6 Å². The molecule has 0 heterocycles. The second kappa shape index (κ2) is 6.69. The first-order chi connectivity index (χ1) is 8.63. The van der Waals surface area contributed by atoms with Crippen LogP contribution in [0.2, 0.25) is 0 Å². The van der Waals surface area contributed by atoms with Gasteiger partial charge in [-0.25, -0.2) is 0 Å². The lowest BCUT2D eigenvalue weighted by atomic mass is 10.1. The monoisotopic (exact) mass is 248 g/mol. The molecule has 1 aromatic rings. The van der Waals surface area contributed by atoms with Crippen molar-refractivity contribution in [1.29, 1.82) is 0 Å². The molecule has 0 unspecified atom stereocenters. The van der Waals surface area contributed by atoms with Crippen LogP contribution in [0.3, 0.4) is 0 Å². The van der Waals surface area contributed by atoms with Gasteiger partial charge in [0, 0.05) is 18.7 Å². The molecule has 1 rings (SSSR count). The standard InChI is InChI=1S/C14H20N2O2/c1-4-8-16(9-5-2)14(17)11-6-7-13(18-3)12(15)10-11/h4,6-7,10H,1,5,8-9,15H2,2-3H3. The van der Waals surface area contributed by atoms with Crippen LogP contribution in [0.1, 0.15) is 23.7 Å². The van der Waals surface area contributed by atoms with Crippen molar-refractivity contribution in [1.82, 2.24) is 4.90 Å². The van der Waals surface area contributed by atoms with Gasteiger partial charge in [0.05, 0.1) is 12.8 Å². The Bertz CT molecular complexity index is 430. The molecule has 0 radical (unpaired) electrons. The fourth-order valence-electron chi connectivity index (χ4n) is 1.75. The van der Waals surface area contributed by atoms with E-state index in [-0.39, 0.29) is 5.91 Å². The van der Waals surface area contributed by atoms with Crippen LogP contribution >= 0.6 is 0 Å². The molecule has 2 N–H and O–H groups in total. The van der Waals surface area contributed by atoms with Crippen LogP contribution < -0.4 is 10.5 Å². The molecule has 0 spiro atoms. The average Bonchev–Trinajstić information content (AvgIpc) is 2.37. The molecule has 1 amide bonds. The fraction of sp³-hybridized carbons (Fsp3) is 0.357. The average molecular weight is 248 g/mol. The van der Waals surface area contributed by atoms with Crippen LogP contribution in [0, 0.1) is 0 Å². The highest BCUT2D eigenvalue weighted by atomic mass is 16.5. The van der Waals surface area contributed by atoms with Crippen LogP contribution in [0.25, 0.3) is 0 Å². The van der Waals surface area contributed by atoms with Crippen molar-refractivity contribution < 1.29 is 9.53 Å². The highest BCUT2D eigenvalue weighted by Crippen LogP contribution is 2.22. The van der Waals surface area contributed by atoms with Gasteiger partial charge in [0.15, 0.2) is 0 Å². The second-order valence-electron chi connectivity index (χ2n) is 4.00. The minimum Gasteiger partial charge on any atom is -0.495 e. The Labute approximate surface area is 108 Å². The van der Waals surface area contributed by atoms with Gasteiger partial charge in [0.2, 0.25) is 0 Å². The van der Waals surface area contributed by atoms with Gasteiger partial charge in [-0.15, -0.1) is 6.58 Å². The third-order valence-electron chi connectivity index (χ3n) is 2.61. The van der Waals surface area contributed by atoms with Crippen LogP contribution in [0.5, 0.6) is 5.75 Å². The number of nitrogens with two attached hydrogens (primary N) is 1. The van der Waals surface area contributed by atoms with E-state index in [1.54, 1.807) is 36.3 Å². The molecule has 0 saturated carbocycles. The summed E-state index contributed by atoms with van der Waals surface area (Å²) in [7, 11) is 1.55. The van der Waals surface area contributed by atoms with Crippen LogP contribution in [0.15, 0.2) is 30.9 Å². The molecular weight excluding hydrogens is 228 g/mol. The zero-order valence-corrected chi connectivity index (χ0v) is 11.0. The van der Waals surface area contributed by atoms with Gasteiger partial charge >= 0.3 is 0 Å². The van der Waals surface area contributed by atoms with Gasteiger partial charge in [-0.3, -0.25) is 4.79 Å². The first kappa shape index (κ1) is 14.1. The van der Waals surface area contributed by atoms with Gasteiger partial charge in [-0.1, -0.05) is 13.0 Å². The van der Waals surface area contributed by atoms with Crippen molar-refractivity contribution in [2.24, 2.45) is 0 Å². The molecular formula is C14H20N2O2. The number of benzene rings is 1. The van der Waals surface area contributed by atoms with E-state index in [9.17, 15) is 4.79 Å². The smallest absolute Gasteiger partial charge is 0.254 e. The lowest BCUT2D eigenvalue weighted by Gasteiger charge is -2.20. The highest BCUT2D eigenvalue weighted by Gasteiger charge is 2.14. The number of amides is 1. The first-order valence-electron chi connectivity index (χ1n) is 5.97. The zero-order valence-electron chi connectivity index (χ0n) is 11.0. The summed E-state index contributed by atoms with van der Waals surface area (Å²) in [6.07, 6.45) is 2.63. The molecule has 4 heteroatoms. The summed E-state index contributed by atoms with van der Waals surface area (Å²) in [5, 5.41) is 0. The van der Waals surface area contributed by atoms with E-state index in [1.807, 2.05) is 6.92 Å². The summed E-state index contributed by atoms with van der Waals surface area (Å²) >= 11 is 0. The summed E-state index contributed by atoms with van der Waals surface area (Å²) < 4.78 is 5.07. The number of carbonyl (C=O) groups is 1. The van der Waals surface area contributed by atoms with Crippen molar-refractivity contribution in [3.05, 3.63) is 36.4 Å². The highest BCUT2D eigenvalue weighted by molar-refractivity contribution is 5.95. The molecule has 4 nitrogen and oxygen atoms in total. The number of anilines is 1. The molecule has 18 heavy (non-hydrogen) atoms. The largest absolute Gasteiger partial charge is 0.495 e. The van der Waals surface area contributed by atoms with Crippen LogP contribution in [0.4, 0.5) is 5.69 Å². The first-order valence-corrected chi connectivity index (χ1v) is 5.97. The maximum absolute atomic E-state index is 12.3. The Morgan fingerprint density at radius 2 is 2.28 bits per heavy atom. The third-order valence-corrected chi connectivity index (χ3v) is 2.61. The fourth-order valence-corrected chi connectivity index (χ4v) is 1.75. The summed E-state index contributed by atoms with van der Waals surface area (Å²) in [5.41, 5.74) is 6.85. The molecule has 1 aromatic carbocycles. The number of nitrogens with zero attached hydrogens (tertiary/aromatic N) is 1. The second-order valence-corrected chi connectivity index (χ2v) is 4.00. The van der Waals surface area contributed by atoms with E-state index < -0.39 is 0 Å². The number of hydrogen-bond donors (Lipinski definition) is 1. The van der Waals surface area contributed by atoms with Crippen LogP contribution in [-0.4, -0.2) is 31.0 Å². The van der Waals surface area contributed by atoms with E-state index in [1.165, 1.54) is 0 Å². The third kappa shape index (κ3) is 3.26. The Balaban J connectivity index is 2.93. The number of carbonyl (C=O) groups excluding carboxylic acids is 1. The van der Waals surface area contributed by atoms with Gasteiger partial charge in [0.25, 0.3) is 5.91 Å². The van der Waals surface area contributed by atoms with Gasteiger partial charge in [-0.2, -0.15) is 0 Å². The zero-order chi connectivity index (χ0) is 13.5. The predicted octanol–water partition coefficient (Wildman–Crippen LogP) is 2.32. The van der Waals surface area contributed by atoms with Crippen molar-refractivity contribution in [3.8, 4) is 5.75 Å². The van der Waals surface area contributed by atoms with E-state index in [2.05, 4.69) is 6.58 Å². The maximum Gasteiger partial charge on any atom is 0.254 e. The molecule has 98 valence electrons. The number of nitrogen functional groups attached to an aromatic ring is 1. The number of rotatable bonds is 6. The SMILES string of the molecule is C=CCN(CCC)C(=O)c1ccc(OC)c(N)c1. The maximum atomic E-state index is 12.3. The molecule has 0 aliphatic heterocycles. The normalized spacial score (nSPS) is 9.89. The quantitative estimate of drug-likeness (QED) is 0.621. The summed E-state index contributed by atoms with van der Waals surface area (Å²) in [5.74, 6) is 0.545. The number of ether oxygens (including phenoxy) is 1. The van der Waals surface area contributed by atoms with Crippen molar-refractivity contribution in [2.45, 2.75) is 13.3 Å². The molecule has 0 atom stereocenters. The topological polar surface area (TPSA) is 55.6 Å². The molecule has 0 aliphatic rings. The number of methoxy groups -OCH3 is 1. The van der Waals surface area contributed by atoms with Crippen LogP contribution in [-0.2, 0) is 0 Å². The Hall–Kier alpha value is -1.97. The van der Waals surface area contributed by atoms with E-state index in [4.69, 9.17) is 10.5 Å². The minimum absolute atomic E-state index is 0.0360. The van der Waals surface area contributed by atoms with Gasteiger partial charge in [0.1, 0.15) is 5.75 Å². The summed E-state index contributed by atoms with van der Waals surface area (Å²) in [6.45, 7) is 6.94. The van der Waals surface area contributed by atoms with Crippen molar-refractivity contribution in [2.75, 3.05) is 25.9 Å². The lowest BCUT2D eigenvalue weighted by Crippen LogP contribution is -2.31. The summed E-state index contributed by atoms with van der Waals surface area (Å²) in [6, 6.07) is 5.08. The van der Waals surface area contributed by atoms with E-state index in [0.717, 1.165) is 6.42 Å². The Kier molecular flexibility index (Phi) is 5.24. The predicted molar refractivity (Wildman–Crippen MR) is 73.8 cm³/mol. The lowest BCUT2D eigenvalue weighted by molar-refractivity contribution is 0.0774. The molecule has 0 aliphatic carbocycles. The van der Waals surface area contributed by atoms with Crippen molar-refractivity contribution in [3.63, 3.8) is 0 Å².